The largest absolute Gasteiger partial charge is 0.388 e. The van der Waals surface area contributed by atoms with Gasteiger partial charge in [0.05, 0.1) is 22.5 Å². The van der Waals surface area contributed by atoms with E-state index in [1.165, 1.54) is 18.2 Å². The molecule has 108 valence electrons. The van der Waals surface area contributed by atoms with Crippen molar-refractivity contribution in [3.05, 3.63) is 51.0 Å². The number of benzene rings is 1. The van der Waals surface area contributed by atoms with Crippen LogP contribution in [0.25, 0.3) is 0 Å². The van der Waals surface area contributed by atoms with Crippen LogP contribution in [0.2, 0.25) is 10.0 Å². The zero-order valence-electron chi connectivity index (χ0n) is 11.2. The minimum absolute atomic E-state index is 0.202. The molecule has 20 heavy (non-hydrogen) atoms. The molecule has 0 amide bonds. The minimum Gasteiger partial charge on any atom is -0.388 e. The Kier molecular flexibility index (Phi) is 4.68. The summed E-state index contributed by atoms with van der Waals surface area (Å²) in [4.78, 5) is 0. The van der Waals surface area contributed by atoms with E-state index in [1.807, 2.05) is 13.8 Å². The van der Waals surface area contributed by atoms with Gasteiger partial charge in [-0.2, -0.15) is 5.10 Å². The van der Waals surface area contributed by atoms with E-state index < -0.39 is 11.9 Å². The van der Waals surface area contributed by atoms with Crippen molar-refractivity contribution in [2.45, 2.75) is 32.9 Å². The van der Waals surface area contributed by atoms with E-state index >= 15 is 0 Å². The van der Waals surface area contributed by atoms with Crippen molar-refractivity contribution < 1.29 is 9.50 Å². The summed E-state index contributed by atoms with van der Waals surface area (Å²) in [6, 6.07) is 3.94. The van der Waals surface area contributed by atoms with E-state index in [4.69, 9.17) is 23.2 Å². The highest BCUT2D eigenvalue weighted by Crippen LogP contribution is 2.29. The van der Waals surface area contributed by atoms with Crippen molar-refractivity contribution in [3.8, 4) is 0 Å². The number of aliphatic hydroxyl groups excluding tert-OH is 1. The number of aryl methyl sites for hydroxylation is 2. The van der Waals surface area contributed by atoms with E-state index in [-0.39, 0.29) is 11.4 Å². The van der Waals surface area contributed by atoms with Gasteiger partial charge in [0.2, 0.25) is 0 Å². The maximum absolute atomic E-state index is 13.0. The van der Waals surface area contributed by atoms with Gasteiger partial charge in [0, 0.05) is 18.0 Å². The smallest absolute Gasteiger partial charge is 0.124 e. The van der Waals surface area contributed by atoms with Crippen LogP contribution in [-0.4, -0.2) is 14.9 Å². The Balaban J connectivity index is 2.30. The van der Waals surface area contributed by atoms with Gasteiger partial charge in [-0.3, -0.25) is 4.68 Å². The van der Waals surface area contributed by atoms with Gasteiger partial charge in [0.15, 0.2) is 0 Å². The number of halogens is 3. The molecule has 2 rings (SSSR count). The van der Waals surface area contributed by atoms with Gasteiger partial charge in [0.25, 0.3) is 0 Å². The maximum atomic E-state index is 13.0. The summed E-state index contributed by atoms with van der Waals surface area (Å²) >= 11 is 12.2. The third-order valence-corrected chi connectivity index (χ3v) is 3.98. The van der Waals surface area contributed by atoms with Crippen molar-refractivity contribution in [1.82, 2.24) is 9.78 Å². The predicted molar refractivity (Wildman–Crippen MR) is 77.7 cm³/mol. The monoisotopic (exact) mass is 316 g/mol. The Hall–Kier alpha value is -1.10. The zero-order valence-corrected chi connectivity index (χ0v) is 12.7. The van der Waals surface area contributed by atoms with Gasteiger partial charge >= 0.3 is 0 Å². The molecule has 0 aliphatic heterocycles. The summed E-state index contributed by atoms with van der Waals surface area (Å²) in [5.41, 5.74) is 1.95. The molecule has 1 heterocycles. The first-order chi connectivity index (χ1) is 9.43. The highest BCUT2D eigenvalue weighted by atomic mass is 35.5. The predicted octanol–water partition coefficient (Wildman–Crippen LogP) is 3.93. The molecule has 1 N–H and O–H groups in total. The Morgan fingerprint density at radius 3 is 2.70 bits per heavy atom. The first-order valence-electron chi connectivity index (χ1n) is 6.28. The number of aliphatic hydroxyl groups is 1. The lowest BCUT2D eigenvalue weighted by Gasteiger charge is -2.14. The van der Waals surface area contributed by atoms with E-state index in [9.17, 15) is 9.50 Å². The Bertz CT molecular complexity index is 628. The van der Waals surface area contributed by atoms with Crippen LogP contribution in [0.15, 0.2) is 18.2 Å². The van der Waals surface area contributed by atoms with Crippen LogP contribution in [0, 0.1) is 12.7 Å². The van der Waals surface area contributed by atoms with Crippen LogP contribution in [0.3, 0.4) is 0 Å². The summed E-state index contributed by atoms with van der Waals surface area (Å²) in [5.74, 6) is -0.432. The van der Waals surface area contributed by atoms with Gasteiger partial charge < -0.3 is 5.11 Å². The van der Waals surface area contributed by atoms with Crippen molar-refractivity contribution in [3.63, 3.8) is 0 Å². The minimum atomic E-state index is -0.859. The Labute approximate surface area is 126 Å². The molecule has 0 fully saturated rings. The van der Waals surface area contributed by atoms with Crippen LogP contribution in [0.5, 0.6) is 0 Å². The molecular formula is C14H15Cl2FN2O. The molecule has 1 aromatic carbocycles. The topological polar surface area (TPSA) is 38.0 Å². The quantitative estimate of drug-likeness (QED) is 0.928. The van der Waals surface area contributed by atoms with E-state index in [2.05, 4.69) is 5.10 Å². The molecule has 3 nitrogen and oxygen atoms in total. The normalized spacial score (nSPS) is 12.7. The number of hydrogen-bond acceptors (Lipinski definition) is 2. The summed E-state index contributed by atoms with van der Waals surface area (Å²) in [6.45, 7) is 4.42. The molecule has 0 spiro atoms. The molecule has 6 heteroatoms. The highest BCUT2D eigenvalue weighted by Gasteiger charge is 2.19. The second-order valence-electron chi connectivity index (χ2n) is 4.55. The number of hydrogen-bond donors (Lipinski definition) is 1. The Morgan fingerprint density at radius 2 is 2.10 bits per heavy atom. The lowest BCUT2D eigenvalue weighted by molar-refractivity contribution is 0.175. The fraction of sp³-hybridized carbons (Fsp3) is 0.357. The fourth-order valence-corrected chi connectivity index (χ4v) is 2.63. The molecule has 0 radical (unpaired) electrons. The highest BCUT2D eigenvalue weighted by molar-refractivity contribution is 6.32. The van der Waals surface area contributed by atoms with Crippen molar-refractivity contribution >= 4 is 23.2 Å². The summed E-state index contributed by atoms with van der Waals surface area (Å²) < 4.78 is 14.8. The van der Waals surface area contributed by atoms with Crippen LogP contribution in [0.4, 0.5) is 4.39 Å². The van der Waals surface area contributed by atoms with Crippen molar-refractivity contribution in [2.24, 2.45) is 0 Å². The van der Waals surface area contributed by atoms with E-state index in [1.54, 1.807) is 4.68 Å². The van der Waals surface area contributed by atoms with E-state index in [0.717, 1.165) is 11.4 Å². The van der Waals surface area contributed by atoms with E-state index in [0.29, 0.717) is 17.1 Å². The number of aromatic nitrogens is 2. The number of nitrogens with zero attached hydrogens (tertiary/aromatic N) is 2. The van der Waals surface area contributed by atoms with Crippen LogP contribution in [0.1, 0.15) is 30.0 Å². The SMILES string of the molecule is CCn1nc(C)c(Cl)c1CC(O)c1ccc(F)cc1Cl. The van der Waals surface area contributed by atoms with Gasteiger partial charge in [0.1, 0.15) is 5.82 Å². The summed E-state index contributed by atoms with van der Waals surface area (Å²) in [5, 5.41) is 15.3. The molecule has 1 atom stereocenters. The standard InChI is InChI=1S/C14H15Cl2FN2O/c1-3-19-12(14(16)8(2)18-19)7-13(20)10-5-4-9(17)6-11(10)15/h4-6,13,20H,3,7H2,1-2H3. The average molecular weight is 317 g/mol. The fourth-order valence-electron chi connectivity index (χ4n) is 2.13. The van der Waals surface area contributed by atoms with Gasteiger partial charge in [-0.15, -0.1) is 0 Å². The maximum Gasteiger partial charge on any atom is 0.124 e. The first-order valence-corrected chi connectivity index (χ1v) is 7.04. The molecule has 2 aromatic rings. The molecule has 1 aromatic heterocycles. The Morgan fingerprint density at radius 1 is 1.40 bits per heavy atom. The molecule has 0 saturated heterocycles. The second-order valence-corrected chi connectivity index (χ2v) is 5.33. The van der Waals surface area contributed by atoms with Crippen molar-refractivity contribution in [2.75, 3.05) is 0 Å². The summed E-state index contributed by atoms with van der Waals surface area (Å²) in [7, 11) is 0. The molecule has 0 aliphatic rings. The zero-order chi connectivity index (χ0) is 14.9. The number of rotatable bonds is 4. The third kappa shape index (κ3) is 2.97. The van der Waals surface area contributed by atoms with Crippen LogP contribution >= 0.6 is 23.2 Å². The van der Waals surface area contributed by atoms with Crippen molar-refractivity contribution in [1.29, 1.82) is 0 Å². The lowest BCUT2D eigenvalue weighted by Crippen LogP contribution is -2.09. The van der Waals surface area contributed by atoms with Crippen LogP contribution < -0.4 is 0 Å². The molecular weight excluding hydrogens is 302 g/mol. The summed E-state index contributed by atoms with van der Waals surface area (Å²) in [6.07, 6.45) is -0.583. The first kappa shape index (κ1) is 15.3. The van der Waals surface area contributed by atoms with Crippen LogP contribution in [-0.2, 0) is 13.0 Å². The molecule has 0 aliphatic carbocycles. The third-order valence-electron chi connectivity index (χ3n) is 3.16. The van der Waals surface area contributed by atoms with Gasteiger partial charge in [-0.1, -0.05) is 29.3 Å². The van der Waals surface area contributed by atoms with Gasteiger partial charge in [-0.25, -0.2) is 4.39 Å². The molecule has 0 bridgehead atoms. The second kappa shape index (κ2) is 6.12. The molecule has 1 unspecified atom stereocenters. The lowest BCUT2D eigenvalue weighted by atomic mass is 10.0. The average Bonchev–Trinajstić information content (AvgIpc) is 2.66. The van der Waals surface area contributed by atoms with Gasteiger partial charge in [-0.05, 0) is 31.5 Å². The molecule has 0 saturated carbocycles.